The topological polar surface area (TPSA) is 54.0 Å². The first-order chi connectivity index (χ1) is 21.3. The molecule has 0 spiro atoms. The summed E-state index contributed by atoms with van der Waals surface area (Å²) in [5.41, 5.74) is -0.546. The molecule has 2 rings (SSSR count). The van der Waals surface area contributed by atoms with Gasteiger partial charge in [0.05, 0.1) is 10.7 Å². The predicted molar refractivity (Wildman–Crippen MR) is 199 cm³/mol. The van der Waals surface area contributed by atoms with E-state index in [2.05, 4.69) is 118 Å². The van der Waals surface area contributed by atoms with Crippen LogP contribution in [0.2, 0.25) is 34.8 Å². The van der Waals surface area contributed by atoms with Gasteiger partial charge in [0.2, 0.25) is 0 Å². The van der Waals surface area contributed by atoms with Crippen molar-refractivity contribution in [2.24, 2.45) is 5.92 Å². The Hall–Kier alpha value is -2.05. The molecule has 1 aliphatic rings. The van der Waals surface area contributed by atoms with Gasteiger partial charge in [-0.2, -0.15) is 0 Å². The van der Waals surface area contributed by atoms with Crippen LogP contribution in [0.25, 0.3) is 0 Å². The van der Waals surface area contributed by atoms with E-state index in [0.717, 1.165) is 4.90 Å². The molecule has 0 saturated carbocycles. The van der Waals surface area contributed by atoms with Gasteiger partial charge < -0.3 is 18.3 Å². The second-order valence-corrected chi connectivity index (χ2v) is 26.2. The molecule has 0 bridgehead atoms. The Morgan fingerprint density at radius 3 is 2.11 bits per heavy atom. The van der Waals surface area contributed by atoms with Gasteiger partial charge in [-0.05, 0) is 72.4 Å². The molecule has 0 N–H and O–H groups in total. The molecule has 1 aromatic rings. The molecule has 1 aliphatic carbocycles. The third-order valence-electron chi connectivity index (χ3n) is 9.77. The van der Waals surface area contributed by atoms with Crippen molar-refractivity contribution in [3.05, 3.63) is 55.1 Å². The number of hydrogen-bond acceptors (Lipinski definition) is 6. The molecular weight excluding hydrogens is 625 g/mol. The Labute approximate surface area is 286 Å². The van der Waals surface area contributed by atoms with Gasteiger partial charge in [0.15, 0.2) is 8.32 Å². The highest BCUT2D eigenvalue weighted by atomic mass is 32.2. The molecule has 0 fully saturated rings. The highest BCUT2D eigenvalue weighted by Crippen LogP contribution is 2.54. The SMILES string of the molecule is C=C[C@]1(Sc2ccccc2)[C@@H](C(=O)O[Si](C(C)C)(C(C)C)C(C)C)C[C@@H](OCOC)C#C/C=C\C#C[C@@]1(C)O[Si](C)(C)C(C)(C)C. The number of rotatable bonds is 13. The first kappa shape index (κ1) is 40.1. The second kappa shape index (κ2) is 16.4. The fourth-order valence-corrected chi connectivity index (χ4v) is 14.6. The zero-order valence-electron chi connectivity index (χ0n) is 30.6. The van der Waals surface area contributed by atoms with Gasteiger partial charge in [-0.3, -0.25) is 4.79 Å². The van der Waals surface area contributed by atoms with Gasteiger partial charge in [-0.1, -0.05) is 110 Å². The summed E-state index contributed by atoms with van der Waals surface area (Å²) < 4.78 is 24.7. The smallest absolute Gasteiger partial charge is 0.297 e. The van der Waals surface area contributed by atoms with E-state index in [1.165, 1.54) is 0 Å². The van der Waals surface area contributed by atoms with Crippen molar-refractivity contribution >= 4 is 34.4 Å². The van der Waals surface area contributed by atoms with Crippen LogP contribution in [-0.4, -0.2) is 53.0 Å². The van der Waals surface area contributed by atoms with Crippen molar-refractivity contribution in [3.63, 3.8) is 0 Å². The van der Waals surface area contributed by atoms with Gasteiger partial charge in [-0.25, -0.2) is 0 Å². The van der Waals surface area contributed by atoms with Crippen LogP contribution in [0.15, 0.2) is 60.0 Å². The van der Waals surface area contributed by atoms with Crippen molar-refractivity contribution in [2.45, 2.75) is 132 Å². The quantitative estimate of drug-likeness (QED) is 0.0894. The molecule has 4 atom stereocenters. The van der Waals surface area contributed by atoms with E-state index in [9.17, 15) is 0 Å². The largest absolute Gasteiger partial charge is 0.518 e. The van der Waals surface area contributed by atoms with E-state index in [1.54, 1.807) is 31.0 Å². The minimum absolute atomic E-state index is 0.0364. The normalized spacial score (nSPS) is 24.8. The maximum atomic E-state index is 15.2. The zero-order chi connectivity index (χ0) is 35.0. The monoisotopic (exact) mass is 682 g/mol. The van der Waals surface area contributed by atoms with E-state index in [1.807, 2.05) is 31.2 Å². The van der Waals surface area contributed by atoms with Crippen LogP contribution in [0.5, 0.6) is 0 Å². The fourth-order valence-electron chi connectivity index (χ4n) is 6.41. The lowest BCUT2D eigenvalue weighted by Gasteiger charge is -2.53. The lowest BCUT2D eigenvalue weighted by atomic mass is 9.75. The summed E-state index contributed by atoms with van der Waals surface area (Å²) in [5, 5.41) is -0.123. The summed E-state index contributed by atoms with van der Waals surface area (Å²) in [4.78, 5) is 16.2. The third kappa shape index (κ3) is 8.89. The highest BCUT2D eigenvalue weighted by Gasteiger charge is 2.60. The maximum Gasteiger partial charge on any atom is 0.297 e. The van der Waals surface area contributed by atoms with Crippen LogP contribution < -0.4 is 0 Å². The van der Waals surface area contributed by atoms with E-state index >= 15 is 4.79 Å². The maximum absolute atomic E-state index is 15.2. The minimum atomic E-state index is -2.65. The molecule has 46 heavy (non-hydrogen) atoms. The summed E-state index contributed by atoms with van der Waals surface area (Å²) in [6.45, 7) is 30.7. The molecule has 0 aliphatic heterocycles. The molecule has 1 aromatic carbocycles. The third-order valence-corrected chi connectivity index (χ3v) is 22.0. The first-order valence-electron chi connectivity index (χ1n) is 16.4. The number of carbonyl (C=O) groups is 1. The van der Waals surface area contributed by atoms with Crippen LogP contribution in [0, 0.1) is 29.6 Å². The number of benzene rings is 1. The highest BCUT2D eigenvalue weighted by molar-refractivity contribution is 8.01. The van der Waals surface area contributed by atoms with Crippen LogP contribution in [0.3, 0.4) is 0 Å². The van der Waals surface area contributed by atoms with E-state index in [4.69, 9.17) is 18.3 Å². The van der Waals surface area contributed by atoms with Crippen LogP contribution in [-0.2, 0) is 23.1 Å². The van der Waals surface area contributed by atoms with Crippen LogP contribution >= 0.6 is 11.8 Å². The van der Waals surface area contributed by atoms with E-state index in [-0.39, 0.29) is 40.8 Å². The molecule has 0 heterocycles. The standard InChI is InChI=1S/C38H58O5SSi2/c1-15-38(44-33-24-20-18-21-25-33)34(35(39)42-46(29(2)3,30(4)5)31(6)7)27-32(41-28-40-12)23-19-16-17-22-26-37(38,11)43-45(13,14)36(8,9)10/h15-18,20-21,24-25,29-32,34H,1,27-28H2,2-14H3/b17-16-/t32-,34+,37+,38-/m0/s1. The summed E-state index contributed by atoms with van der Waals surface area (Å²) >= 11 is 1.56. The van der Waals surface area contributed by atoms with Crippen molar-refractivity contribution in [1.29, 1.82) is 0 Å². The molecule has 0 aromatic heterocycles. The number of thioether (sulfide) groups is 1. The summed E-state index contributed by atoms with van der Waals surface area (Å²) in [6.07, 6.45) is 4.95. The van der Waals surface area contributed by atoms with E-state index < -0.39 is 39.0 Å². The Bertz CT molecular complexity index is 1300. The molecule has 5 nitrogen and oxygen atoms in total. The Kier molecular flexibility index (Phi) is 14.3. The Morgan fingerprint density at radius 1 is 1.04 bits per heavy atom. The zero-order valence-corrected chi connectivity index (χ0v) is 33.4. The first-order valence-corrected chi connectivity index (χ1v) is 22.3. The molecule has 8 heteroatoms. The second-order valence-electron chi connectivity index (χ2n) is 14.8. The van der Waals surface area contributed by atoms with Crippen molar-refractivity contribution < 1.29 is 23.1 Å². The van der Waals surface area contributed by atoms with Crippen molar-refractivity contribution in [3.8, 4) is 23.7 Å². The number of carbonyl (C=O) groups excluding carboxylic acids is 1. The van der Waals surface area contributed by atoms with Crippen LogP contribution in [0.1, 0.15) is 75.7 Å². The van der Waals surface area contributed by atoms with Gasteiger partial charge in [-0.15, -0.1) is 18.3 Å². The summed E-state index contributed by atoms with van der Waals surface area (Å²) in [6, 6.07) is 10.1. The van der Waals surface area contributed by atoms with Gasteiger partial charge >= 0.3 is 0 Å². The molecule has 0 amide bonds. The predicted octanol–water partition coefficient (Wildman–Crippen LogP) is 9.77. The van der Waals surface area contributed by atoms with Crippen LogP contribution in [0.4, 0.5) is 0 Å². The lowest BCUT2D eigenvalue weighted by Crippen LogP contribution is -2.63. The Balaban J connectivity index is 3.06. The van der Waals surface area contributed by atoms with Crippen molar-refractivity contribution in [2.75, 3.05) is 13.9 Å². The fraction of sp³-hybridized carbons (Fsp3) is 0.605. The Morgan fingerprint density at radius 2 is 1.61 bits per heavy atom. The van der Waals surface area contributed by atoms with Gasteiger partial charge in [0, 0.05) is 12.0 Å². The number of methoxy groups -OCH3 is 1. The van der Waals surface area contributed by atoms with Crippen molar-refractivity contribution in [1.82, 2.24) is 0 Å². The average Bonchev–Trinajstić information content (AvgIpc) is 2.98. The molecule has 0 unspecified atom stereocenters. The number of ether oxygens (including phenoxy) is 2. The van der Waals surface area contributed by atoms with Gasteiger partial charge in [0.25, 0.3) is 14.3 Å². The molecule has 254 valence electrons. The lowest BCUT2D eigenvalue weighted by molar-refractivity contribution is -0.145. The molecular formula is C38H58O5SSi2. The van der Waals surface area contributed by atoms with Gasteiger partial charge in [0.1, 0.15) is 18.5 Å². The molecule has 0 saturated heterocycles. The molecule has 0 radical (unpaired) electrons. The van der Waals surface area contributed by atoms with E-state index in [0.29, 0.717) is 0 Å². The summed E-state index contributed by atoms with van der Waals surface area (Å²) in [5.74, 6) is 12.0. The minimum Gasteiger partial charge on any atom is -0.518 e. The average molecular weight is 683 g/mol. The number of allylic oxidation sites excluding steroid dienone is 2. The number of hydrogen-bond donors (Lipinski definition) is 0. The summed E-state index contributed by atoms with van der Waals surface area (Å²) in [7, 11) is -3.55.